The van der Waals surface area contributed by atoms with Crippen molar-refractivity contribution in [3.8, 4) is 6.07 Å². The quantitative estimate of drug-likeness (QED) is 0.782. The van der Waals surface area contributed by atoms with E-state index in [4.69, 9.17) is 0 Å². The van der Waals surface area contributed by atoms with Crippen molar-refractivity contribution in [1.82, 2.24) is 4.40 Å². The number of benzene rings is 1. The van der Waals surface area contributed by atoms with Crippen LogP contribution in [0.2, 0.25) is 0 Å². The number of fused-ring (bicyclic) bond motifs is 1. The number of nitriles is 1. The number of carbonyl (C=O) groups is 1. The van der Waals surface area contributed by atoms with E-state index >= 15 is 0 Å². The van der Waals surface area contributed by atoms with Crippen LogP contribution < -0.4 is 5.32 Å². The molecule has 0 spiro atoms. The average Bonchev–Trinajstić information content (AvgIpc) is 2.90. The summed E-state index contributed by atoms with van der Waals surface area (Å²) in [5.74, 6) is -0.231. The fourth-order valence-electron chi connectivity index (χ4n) is 2.43. The maximum Gasteiger partial charge on any atom is 0.272 e. The summed E-state index contributed by atoms with van der Waals surface area (Å²) in [6, 6.07) is 15.0. The highest BCUT2D eigenvalue weighted by Gasteiger charge is 2.15. The van der Waals surface area contributed by atoms with E-state index in [9.17, 15) is 10.1 Å². The first-order chi connectivity index (χ1) is 10.6. The molecule has 0 radical (unpaired) electrons. The summed E-state index contributed by atoms with van der Waals surface area (Å²) in [6.45, 7) is 4.03. The Balaban J connectivity index is 1.99. The maximum atomic E-state index is 12.5. The van der Waals surface area contributed by atoms with Crippen molar-refractivity contribution in [2.24, 2.45) is 0 Å². The lowest BCUT2D eigenvalue weighted by Crippen LogP contribution is -2.14. The van der Waals surface area contributed by atoms with E-state index in [-0.39, 0.29) is 5.91 Å². The van der Waals surface area contributed by atoms with Crippen molar-refractivity contribution in [3.05, 3.63) is 71.0 Å². The molecule has 2 aromatic heterocycles. The van der Waals surface area contributed by atoms with Crippen LogP contribution in [0.4, 0.5) is 5.69 Å². The highest BCUT2D eigenvalue weighted by molar-refractivity contribution is 6.04. The number of hydrogen-bond donors (Lipinski definition) is 1. The molecule has 0 unspecified atom stereocenters. The van der Waals surface area contributed by atoms with Crippen LogP contribution in [0.3, 0.4) is 0 Å². The van der Waals surface area contributed by atoms with E-state index in [0.717, 1.165) is 16.8 Å². The molecule has 0 atom stereocenters. The molecule has 1 aromatic carbocycles. The Kier molecular flexibility index (Phi) is 3.40. The van der Waals surface area contributed by atoms with Crippen LogP contribution in [0, 0.1) is 25.2 Å². The van der Waals surface area contributed by atoms with Crippen LogP contribution >= 0.6 is 0 Å². The van der Waals surface area contributed by atoms with Gasteiger partial charge in [0, 0.05) is 11.9 Å². The van der Waals surface area contributed by atoms with E-state index in [1.807, 2.05) is 50.2 Å². The molecule has 0 aliphatic rings. The third-order valence-corrected chi connectivity index (χ3v) is 3.79. The number of amides is 1. The van der Waals surface area contributed by atoms with Gasteiger partial charge in [0.2, 0.25) is 0 Å². The number of rotatable bonds is 2. The van der Waals surface area contributed by atoms with Crippen molar-refractivity contribution in [3.63, 3.8) is 0 Å². The van der Waals surface area contributed by atoms with Crippen LogP contribution in [0.15, 0.2) is 48.7 Å². The molecule has 0 saturated carbocycles. The molecule has 0 bridgehead atoms. The van der Waals surface area contributed by atoms with Crippen molar-refractivity contribution < 1.29 is 4.79 Å². The van der Waals surface area contributed by atoms with Gasteiger partial charge in [0.25, 0.3) is 5.91 Å². The summed E-state index contributed by atoms with van der Waals surface area (Å²) in [5, 5.41) is 12.1. The van der Waals surface area contributed by atoms with Gasteiger partial charge in [-0.15, -0.1) is 0 Å². The van der Waals surface area contributed by atoms with Gasteiger partial charge in [0.05, 0.1) is 11.1 Å². The molecule has 4 heteroatoms. The monoisotopic (exact) mass is 289 g/mol. The summed E-state index contributed by atoms with van der Waals surface area (Å²) >= 11 is 0. The van der Waals surface area contributed by atoms with Crippen LogP contribution in [0.5, 0.6) is 0 Å². The van der Waals surface area contributed by atoms with Crippen LogP contribution in [-0.4, -0.2) is 10.3 Å². The summed E-state index contributed by atoms with van der Waals surface area (Å²) in [4.78, 5) is 12.5. The summed E-state index contributed by atoms with van der Waals surface area (Å²) < 4.78 is 1.73. The standard InChI is InChI=1S/C18H15N3O/c1-12-6-7-15(9-13(12)2)20-18(22)17-10-14(11-19)16-5-3-4-8-21(16)17/h3-10H,1-2H3,(H,20,22). The Morgan fingerprint density at radius 1 is 1.14 bits per heavy atom. The molecule has 0 saturated heterocycles. The van der Waals surface area contributed by atoms with Gasteiger partial charge < -0.3 is 9.72 Å². The number of nitrogens with zero attached hydrogens (tertiary/aromatic N) is 2. The minimum absolute atomic E-state index is 0.231. The Bertz CT molecular complexity index is 916. The van der Waals surface area contributed by atoms with Gasteiger partial charge in [0.15, 0.2) is 0 Å². The lowest BCUT2D eigenvalue weighted by molar-refractivity contribution is 0.102. The molecule has 3 rings (SSSR count). The van der Waals surface area contributed by atoms with E-state index in [2.05, 4.69) is 11.4 Å². The molecule has 2 heterocycles. The van der Waals surface area contributed by atoms with Gasteiger partial charge in [-0.1, -0.05) is 12.1 Å². The Morgan fingerprint density at radius 2 is 1.95 bits per heavy atom. The number of nitrogens with one attached hydrogen (secondary N) is 1. The second-order valence-electron chi connectivity index (χ2n) is 5.26. The molecule has 0 aliphatic carbocycles. The lowest BCUT2D eigenvalue weighted by Gasteiger charge is -2.08. The summed E-state index contributed by atoms with van der Waals surface area (Å²) in [6.07, 6.45) is 1.78. The maximum absolute atomic E-state index is 12.5. The smallest absolute Gasteiger partial charge is 0.272 e. The normalized spacial score (nSPS) is 10.4. The molecular formula is C18H15N3O. The third kappa shape index (κ3) is 2.33. The second kappa shape index (κ2) is 5.38. The number of pyridine rings is 1. The van der Waals surface area contributed by atoms with E-state index in [0.29, 0.717) is 11.3 Å². The van der Waals surface area contributed by atoms with E-state index in [1.54, 1.807) is 16.7 Å². The van der Waals surface area contributed by atoms with Crippen molar-refractivity contribution in [2.45, 2.75) is 13.8 Å². The van der Waals surface area contributed by atoms with Crippen LogP contribution in [0.25, 0.3) is 5.52 Å². The zero-order valence-electron chi connectivity index (χ0n) is 12.4. The first-order valence-electron chi connectivity index (χ1n) is 6.99. The molecular weight excluding hydrogens is 274 g/mol. The highest BCUT2D eigenvalue weighted by Crippen LogP contribution is 2.19. The highest BCUT2D eigenvalue weighted by atomic mass is 16.1. The lowest BCUT2D eigenvalue weighted by atomic mass is 10.1. The van der Waals surface area contributed by atoms with Gasteiger partial charge in [-0.3, -0.25) is 4.79 Å². The first-order valence-corrected chi connectivity index (χ1v) is 6.99. The van der Waals surface area contributed by atoms with E-state index in [1.165, 1.54) is 5.56 Å². The molecule has 1 N–H and O–H groups in total. The number of aryl methyl sites for hydroxylation is 2. The van der Waals surface area contributed by atoms with Gasteiger partial charge in [-0.2, -0.15) is 5.26 Å². The minimum Gasteiger partial charge on any atom is -0.321 e. The van der Waals surface area contributed by atoms with Crippen LogP contribution in [-0.2, 0) is 0 Å². The predicted octanol–water partition coefficient (Wildman–Crippen LogP) is 3.68. The summed E-state index contributed by atoms with van der Waals surface area (Å²) in [7, 11) is 0. The van der Waals surface area contributed by atoms with Gasteiger partial charge >= 0.3 is 0 Å². The molecule has 22 heavy (non-hydrogen) atoms. The largest absolute Gasteiger partial charge is 0.321 e. The first kappa shape index (κ1) is 13.9. The van der Waals surface area contributed by atoms with Gasteiger partial charge in [-0.25, -0.2) is 0 Å². The zero-order chi connectivity index (χ0) is 15.7. The second-order valence-corrected chi connectivity index (χ2v) is 5.26. The zero-order valence-corrected chi connectivity index (χ0v) is 12.4. The number of anilines is 1. The van der Waals surface area contributed by atoms with E-state index < -0.39 is 0 Å². The molecule has 0 aliphatic heterocycles. The number of aromatic nitrogens is 1. The summed E-state index contributed by atoms with van der Waals surface area (Å²) in [5.41, 5.74) is 4.72. The molecule has 1 amide bonds. The molecule has 4 nitrogen and oxygen atoms in total. The Labute approximate surface area is 128 Å². The topological polar surface area (TPSA) is 57.3 Å². The Morgan fingerprint density at radius 3 is 2.68 bits per heavy atom. The fraction of sp³-hybridized carbons (Fsp3) is 0.111. The fourth-order valence-corrected chi connectivity index (χ4v) is 2.43. The molecule has 108 valence electrons. The van der Waals surface area contributed by atoms with Gasteiger partial charge in [0.1, 0.15) is 11.8 Å². The molecule has 3 aromatic rings. The predicted molar refractivity (Wildman–Crippen MR) is 86.0 cm³/mol. The SMILES string of the molecule is Cc1ccc(NC(=O)c2cc(C#N)c3ccccn23)cc1C. The van der Waals surface area contributed by atoms with Gasteiger partial charge in [-0.05, 0) is 55.3 Å². The van der Waals surface area contributed by atoms with Crippen molar-refractivity contribution in [2.75, 3.05) is 5.32 Å². The van der Waals surface area contributed by atoms with Crippen molar-refractivity contribution >= 4 is 17.1 Å². The number of hydrogen-bond acceptors (Lipinski definition) is 2. The van der Waals surface area contributed by atoms with Crippen molar-refractivity contribution in [1.29, 1.82) is 5.26 Å². The third-order valence-electron chi connectivity index (χ3n) is 3.79. The average molecular weight is 289 g/mol. The number of carbonyl (C=O) groups excluding carboxylic acids is 1. The Hall–Kier alpha value is -3.06. The molecule has 0 fully saturated rings. The minimum atomic E-state index is -0.231. The van der Waals surface area contributed by atoms with Crippen LogP contribution in [0.1, 0.15) is 27.2 Å².